The summed E-state index contributed by atoms with van der Waals surface area (Å²) in [6.45, 7) is 1.88. The molecule has 18 heavy (non-hydrogen) atoms. The zero-order valence-electron chi connectivity index (χ0n) is 10.5. The van der Waals surface area contributed by atoms with Crippen LogP contribution in [-0.4, -0.2) is 44.3 Å². The predicted molar refractivity (Wildman–Crippen MR) is 64.1 cm³/mol. The Morgan fingerprint density at radius 3 is 2.72 bits per heavy atom. The van der Waals surface area contributed by atoms with Crippen molar-refractivity contribution < 1.29 is 14.7 Å². The van der Waals surface area contributed by atoms with E-state index in [0.29, 0.717) is 5.56 Å². The van der Waals surface area contributed by atoms with E-state index in [4.69, 9.17) is 5.11 Å². The van der Waals surface area contributed by atoms with Crippen LogP contribution in [0.2, 0.25) is 0 Å². The first-order chi connectivity index (χ1) is 8.49. The molecule has 1 fully saturated rings. The Bertz CT molecular complexity index is 465. The molecular weight excluding hydrogens is 234 g/mol. The zero-order chi connectivity index (χ0) is 13.3. The molecule has 1 N–H and O–H groups in total. The van der Waals surface area contributed by atoms with Crippen LogP contribution in [0, 0.1) is 5.92 Å². The highest BCUT2D eigenvalue weighted by Crippen LogP contribution is 2.29. The molecular formula is C12H17N3O3. The number of carbonyl (C=O) groups is 2. The standard InChI is InChI=1S/C12H17N3O3/c1-8(12(17)18)6-15(10-3-4-10)11(16)9-5-13-14(2)7-9/h5,7-8,10H,3-4,6H2,1-2H3,(H,17,18). The van der Waals surface area contributed by atoms with E-state index >= 15 is 0 Å². The summed E-state index contributed by atoms with van der Waals surface area (Å²) in [5.74, 6) is -1.55. The van der Waals surface area contributed by atoms with E-state index in [0.717, 1.165) is 12.8 Å². The van der Waals surface area contributed by atoms with Crippen molar-refractivity contribution >= 4 is 11.9 Å². The quantitative estimate of drug-likeness (QED) is 0.837. The number of hydrogen-bond acceptors (Lipinski definition) is 3. The third-order valence-electron chi connectivity index (χ3n) is 3.09. The van der Waals surface area contributed by atoms with Gasteiger partial charge < -0.3 is 10.0 Å². The summed E-state index contributed by atoms with van der Waals surface area (Å²) < 4.78 is 1.57. The van der Waals surface area contributed by atoms with Crippen LogP contribution in [0.5, 0.6) is 0 Å². The number of aliphatic carboxylic acids is 1. The molecule has 0 aromatic carbocycles. The third-order valence-corrected chi connectivity index (χ3v) is 3.09. The van der Waals surface area contributed by atoms with Crippen molar-refractivity contribution in [1.82, 2.24) is 14.7 Å². The second kappa shape index (κ2) is 4.80. The Labute approximate surface area is 105 Å². The van der Waals surface area contributed by atoms with E-state index in [-0.39, 0.29) is 18.5 Å². The minimum Gasteiger partial charge on any atom is -0.481 e. The molecule has 1 aliphatic carbocycles. The van der Waals surface area contributed by atoms with Crippen LogP contribution < -0.4 is 0 Å². The fourth-order valence-corrected chi connectivity index (χ4v) is 1.85. The van der Waals surface area contributed by atoms with Crippen LogP contribution in [0.4, 0.5) is 0 Å². The molecule has 0 bridgehead atoms. The maximum Gasteiger partial charge on any atom is 0.308 e. The number of rotatable bonds is 5. The summed E-state index contributed by atoms with van der Waals surface area (Å²) in [4.78, 5) is 24.8. The van der Waals surface area contributed by atoms with Gasteiger partial charge in [0, 0.05) is 25.8 Å². The van der Waals surface area contributed by atoms with Crippen LogP contribution in [0.3, 0.4) is 0 Å². The summed E-state index contributed by atoms with van der Waals surface area (Å²) in [6.07, 6.45) is 5.09. The van der Waals surface area contributed by atoms with Crippen LogP contribution >= 0.6 is 0 Å². The molecule has 6 nitrogen and oxygen atoms in total. The molecule has 98 valence electrons. The van der Waals surface area contributed by atoms with Gasteiger partial charge in [0.2, 0.25) is 0 Å². The Hall–Kier alpha value is -1.85. The maximum atomic E-state index is 12.3. The van der Waals surface area contributed by atoms with Crippen LogP contribution in [-0.2, 0) is 11.8 Å². The van der Waals surface area contributed by atoms with Crippen molar-refractivity contribution in [3.63, 3.8) is 0 Å². The van der Waals surface area contributed by atoms with Gasteiger partial charge in [-0.05, 0) is 12.8 Å². The highest BCUT2D eigenvalue weighted by atomic mass is 16.4. The average molecular weight is 251 g/mol. The molecule has 1 aromatic rings. The van der Waals surface area contributed by atoms with Gasteiger partial charge in [-0.2, -0.15) is 5.10 Å². The molecule has 6 heteroatoms. The lowest BCUT2D eigenvalue weighted by atomic mass is 10.1. The predicted octanol–water partition coefficient (Wildman–Crippen LogP) is 0.745. The average Bonchev–Trinajstić information content (AvgIpc) is 3.07. The Kier molecular flexibility index (Phi) is 3.36. The van der Waals surface area contributed by atoms with Gasteiger partial charge in [0.25, 0.3) is 5.91 Å². The van der Waals surface area contributed by atoms with Crippen molar-refractivity contribution in [2.75, 3.05) is 6.54 Å². The Morgan fingerprint density at radius 2 is 2.28 bits per heavy atom. The number of carboxylic acids is 1. The molecule has 0 aliphatic heterocycles. The molecule has 1 saturated carbocycles. The first kappa shape index (κ1) is 12.6. The number of nitrogens with zero attached hydrogens (tertiary/aromatic N) is 3. The lowest BCUT2D eigenvalue weighted by molar-refractivity contribution is -0.141. The van der Waals surface area contributed by atoms with E-state index in [1.165, 1.54) is 6.20 Å². The number of aromatic nitrogens is 2. The first-order valence-electron chi connectivity index (χ1n) is 6.01. The first-order valence-corrected chi connectivity index (χ1v) is 6.01. The lowest BCUT2D eigenvalue weighted by Crippen LogP contribution is -2.38. The molecule has 1 atom stereocenters. The summed E-state index contributed by atoms with van der Waals surface area (Å²) in [6, 6.07) is 0.194. The fraction of sp³-hybridized carbons (Fsp3) is 0.583. The fourth-order valence-electron chi connectivity index (χ4n) is 1.85. The smallest absolute Gasteiger partial charge is 0.308 e. The second-order valence-electron chi connectivity index (χ2n) is 4.83. The molecule has 1 aliphatic rings. The summed E-state index contributed by atoms with van der Waals surface area (Å²) in [5.41, 5.74) is 0.516. The summed E-state index contributed by atoms with van der Waals surface area (Å²) in [7, 11) is 1.75. The monoisotopic (exact) mass is 251 g/mol. The number of carbonyl (C=O) groups excluding carboxylic acids is 1. The molecule has 0 spiro atoms. The van der Waals surface area contributed by atoms with E-state index in [2.05, 4.69) is 5.10 Å². The van der Waals surface area contributed by atoms with Gasteiger partial charge in [0.05, 0.1) is 17.7 Å². The van der Waals surface area contributed by atoms with Gasteiger partial charge in [-0.1, -0.05) is 6.92 Å². The summed E-state index contributed by atoms with van der Waals surface area (Å²) >= 11 is 0. The van der Waals surface area contributed by atoms with Gasteiger partial charge in [-0.3, -0.25) is 14.3 Å². The topological polar surface area (TPSA) is 75.4 Å². The van der Waals surface area contributed by atoms with Gasteiger partial charge in [0.1, 0.15) is 0 Å². The normalized spacial score (nSPS) is 16.3. The SMILES string of the molecule is CC(CN(C(=O)c1cnn(C)c1)C1CC1)C(=O)O. The molecule has 0 saturated heterocycles. The van der Waals surface area contributed by atoms with Crippen molar-refractivity contribution in [3.8, 4) is 0 Å². The molecule has 0 radical (unpaired) electrons. The molecule has 1 amide bonds. The van der Waals surface area contributed by atoms with E-state index in [1.54, 1.807) is 29.7 Å². The summed E-state index contributed by atoms with van der Waals surface area (Å²) in [5, 5.41) is 12.9. The van der Waals surface area contributed by atoms with Crippen molar-refractivity contribution in [3.05, 3.63) is 18.0 Å². The van der Waals surface area contributed by atoms with E-state index in [9.17, 15) is 9.59 Å². The van der Waals surface area contributed by atoms with Gasteiger partial charge in [-0.25, -0.2) is 0 Å². The number of amides is 1. The molecule has 2 rings (SSSR count). The largest absolute Gasteiger partial charge is 0.481 e. The highest BCUT2D eigenvalue weighted by Gasteiger charge is 2.35. The number of hydrogen-bond donors (Lipinski definition) is 1. The van der Waals surface area contributed by atoms with Crippen molar-refractivity contribution in [2.45, 2.75) is 25.8 Å². The number of aryl methyl sites for hydroxylation is 1. The van der Waals surface area contributed by atoms with Crippen LogP contribution in [0.15, 0.2) is 12.4 Å². The molecule has 1 heterocycles. The minimum absolute atomic E-state index is 0.126. The van der Waals surface area contributed by atoms with Gasteiger partial charge >= 0.3 is 5.97 Å². The maximum absolute atomic E-state index is 12.3. The van der Waals surface area contributed by atoms with E-state index in [1.807, 2.05) is 0 Å². The van der Waals surface area contributed by atoms with Crippen molar-refractivity contribution in [1.29, 1.82) is 0 Å². The third kappa shape index (κ3) is 2.69. The zero-order valence-corrected chi connectivity index (χ0v) is 10.5. The lowest BCUT2D eigenvalue weighted by Gasteiger charge is -2.23. The van der Waals surface area contributed by atoms with E-state index < -0.39 is 11.9 Å². The van der Waals surface area contributed by atoms with Gasteiger partial charge in [0.15, 0.2) is 0 Å². The second-order valence-corrected chi connectivity index (χ2v) is 4.83. The van der Waals surface area contributed by atoms with Crippen molar-refractivity contribution in [2.24, 2.45) is 13.0 Å². The number of carboxylic acid groups (broad SMARTS) is 1. The van der Waals surface area contributed by atoms with Crippen LogP contribution in [0.1, 0.15) is 30.1 Å². The molecule has 1 aromatic heterocycles. The Balaban J connectivity index is 2.10. The van der Waals surface area contributed by atoms with Crippen LogP contribution in [0.25, 0.3) is 0 Å². The Morgan fingerprint density at radius 1 is 1.61 bits per heavy atom. The molecule has 1 unspecified atom stereocenters. The minimum atomic E-state index is -0.875. The van der Waals surface area contributed by atoms with Gasteiger partial charge in [-0.15, -0.1) is 0 Å². The highest BCUT2D eigenvalue weighted by molar-refractivity contribution is 5.94.